The van der Waals surface area contributed by atoms with Gasteiger partial charge in [0.05, 0.1) is 31.7 Å². The molecule has 0 saturated carbocycles. The standard InChI is InChI=1S/C30H44O10/c1-6-23(24-11-8-7-9-12-24)17-30(5,21-29(3,4)27(33)40-20-25-19-39-25)18-26(32)36-15-16-38-28(34)37-14-10-13-35-22(2)31/h7-9,11-12,23,25H,6,10,13-21H2,1-5H3. The van der Waals surface area contributed by atoms with E-state index in [1.54, 1.807) is 0 Å². The van der Waals surface area contributed by atoms with Gasteiger partial charge in [-0.1, -0.05) is 44.2 Å². The second-order valence-electron chi connectivity index (χ2n) is 11.2. The van der Waals surface area contributed by atoms with E-state index >= 15 is 0 Å². The lowest BCUT2D eigenvalue weighted by Gasteiger charge is -2.38. The van der Waals surface area contributed by atoms with E-state index in [2.05, 4.69) is 19.1 Å². The summed E-state index contributed by atoms with van der Waals surface area (Å²) in [7, 11) is 0. The molecule has 0 radical (unpaired) electrons. The van der Waals surface area contributed by atoms with Crippen molar-refractivity contribution >= 4 is 24.1 Å². The van der Waals surface area contributed by atoms with Gasteiger partial charge in [-0.25, -0.2) is 4.79 Å². The fourth-order valence-electron chi connectivity index (χ4n) is 4.84. The van der Waals surface area contributed by atoms with Crippen molar-refractivity contribution in [1.82, 2.24) is 0 Å². The van der Waals surface area contributed by atoms with Gasteiger partial charge >= 0.3 is 24.1 Å². The Morgan fingerprint density at radius 3 is 2.17 bits per heavy atom. The topological polar surface area (TPSA) is 127 Å². The van der Waals surface area contributed by atoms with E-state index in [1.165, 1.54) is 12.5 Å². The third-order valence-corrected chi connectivity index (χ3v) is 6.68. The molecule has 2 rings (SSSR count). The Morgan fingerprint density at radius 1 is 0.925 bits per heavy atom. The van der Waals surface area contributed by atoms with Gasteiger partial charge in [0.1, 0.15) is 25.9 Å². The first-order valence-corrected chi connectivity index (χ1v) is 13.9. The van der Waals surface area contributed by atoms with E-state index in [1.807, 2.05) is 39.0 Å². The number of hydrogen-bond acceptors (Lipinski definition) is 10. The average molecular weight is 565 g/mol. The molecular weight excluding hydrogens is 520 g/mol. The fourth-order valence-corrected chi connectivity index (χ4v) is 4.84. The molecule has 1 fully saturated rings. The van der Waals surface area contributed by atoms with Crippen LogP contribution in [-0.2, 0) is 42.8 Å². The summed E-state index contributed by atoms with van der Waals surface area (Å²) in [6.07, 6.45) is 1.47. The number of carbonyl (C=O) groups excluding carboxylic acids is 4. The molecule has 1 heterocycles. The molecule has 1 aliphatic rings. The van der Waals surface area contributed by atoms with Crippen LogP contribution in [0, 0.1) is 10.8 Å². The van der Waals surface area contributed by atoms with Crippen LogP contribution in [0.25, 0.3) is 0 Å². The lowest BCUT2D eigenvalue weighted by Crippen LogP contribution is -2.36. The molecule has 0 spiro atoms. The molecule has 224 valence electrons. The van der Waals surface area contributed by atoms with Crippen LogP contribution in [0.4, 0.5) is 4.79 Å². The number of ether oxygens (including phenoxy) is 6. The van der Waals surface area contributed by atoms with Crippen LogP contribution < -0.4 is 0 Å². The van der Waals surface area contributed by atoms with Crippen LogP contribution in [0.1, 0.15) is 78.2 Å². The van der Waals surface area contributed by atoms with Crippen molar-refractivity contribution in [3.05, 3.63) is 35.9 Å². The predicted molar refractivity (Wildman–Crippen MR) is 145 cm³/mol. The van der Waals surface area contributed by atoms with Crippen molar-refractivity contribution in [2.45, 2.75) is 78.7 Å². The largest absolute Gasteiger partial charge is 0.508 e. The average Bonchev–Trinajstić information content (AvgIpc) is 3.72. The van der Waals surface area contributed by atoms with E-state index in [0.717, 1.165) is 6.42 Å². The van der Waals surface area contributed by atoms with Crippen LogP contribution in [-0.4, -0.2) is 69.8 Å². The zero-order chi connectivity index (χ0) is 29.6. The second-order valence-corrected chi connectivity index (χ2v) is 11.2. The van der Waals surface area contributed by atoms with E-state index < -0.39 is 28.9 Å². The normalized spacial score (nSPS) is 16.7. The van der Waals surface area contributed by atoms with Gasteiger partial charge in [-0.05, 0) is 50.0 Å². The van der Waals surface area contributed by atoms with E-state index in [9.17, 15) is 19.2 Å². The summed E-state index contributed by atoms with van der Waals surface area (Å²) in [4.78, 5) is 48.2. The van der Waals surface area contributed by atoms with Gasteiger partial charge in [0.2, 0.25) is 0 Å². The van der Waals surface area contributed by atoms with Crippen LogP contribution >= 0.6 is 0 Å². The molecule has 1 aromatic carbocycles. The van der Waals surface area contributed by atoms with Crippen LogP contribution in [0.2, 0.25) is 0 Å². The van der Waals surface area contributed by atoms with E-state index in [0.29, 0.717) is 25.9 Å². The van der Waals surface area contributed by atoms with Crippen molar-refractivity contribution in [1.29, 1.82) is 0 Å². The zero-order valence-electron chi connectivity index (χ0n) is 24.4. The summed E-state index contributed by atoms with van der Waals surface area (Å²) in [5, 5.41) is 0. The molecule has 0 aromatic heterocycles. The molecular formula is C30H44O10. The smallest absolute Gasteiger partial charge is 0.466 e. The SMILES string of the molecule is CCC(CC(C)(CC(=O)OCCOC(=O)OCCCOC(C)=O)CC(C)(C)C(=O)OCC1CO1)c1ccccc1. The van der Waals surface area contributed by atoms with Gasteiger partial charge < -0.3 is 28.4 Å². The van der Waals surface area contributed by atoms with Gasteiger partial charge in [-0.3, -0.25) is 14.4 Å². The van der Waals surface area contributed by atoms with Crippen LogP contribution in [0.15, 0.2) is 30.3 Å². The molecule has 10 nitrogen and oxygen atoms in total. The zero-order valence-corrected chi connectivity index (χ0v) is 24.4. The molecule has 3 atom stereocenters. The second kappa shape index (κ2) is 16.2. The minimum absolute atomic E-state index is 0.0242. The summed E-state index contributed by atoms with van der Waals surface area (Å²) in [6.45, 7) is 9.81. The highest BCUT2D eigenvalue weighted by Crippen LogP contribution is 2.45. The Kier molecular flexibility index (Phi) is 13.4. The molecule has 0 aliphatic carbocycles. The Labute approximate surface area is 237 Å². The third kappa shape index (κ3) is 12.8. The van der Waals surface area contributed by atoms with Gasteiger partial charge in [0, 0.05) is 13.3 Å². The minimum Gasteiger partial charge on any atom is -0.466 e. The molecule has 1 aliphatic heterocycles. The number of esters is 3. The number of carbonyl (C=O) groups is 4. The third-order valence-electron chi connectivity index (χ3n) is 6.68. The maximum absolute atomic E-state index is 12.9. The number of epoxide rings is 1. The molecule has 1 saturated heterocycles. The molecule has 40 heavy (non-hydrogen) atoms. The van der Waals surface area contributed by atoms with Crippen molar-refractivity contribution in [3.63, 3.8) is 0 Å². The highest BCUT2D eigenvalue weighted by Gasteiger charge is 2.41. The Bertz CT molecular complexity index is 956. The molecule has 10 heteroatoms. The highest BCUT2D eigenvalue weighted by molar-refractivity contribution is 5.76. The monoisotopic (exact) mass is 564 g/mol. The highest BCUT2D eigenvalue weighted by atomic mass is 16.7. The first kappa shape index (κ1) is 33.1. The predicted octanol–water partition coefficient (Wildman–Crippen LogP) is 4.97. The maximum Gasteiger partial charge on any atom is 0.508 e. The van der Waals surface area contributed by atoms with Gasteiger partial charge in [0.25, 0.3) is 0 Å². The number of rotatable bonds is 18. The fraction of sp³-hybridized carbons (Fsp3) is 0.667. The Balaban J connectivity index is 1.92. The first-order chi connectivity index (χ1) is 18.9. The lowest BCUT2D eigenvalue weighted by atomic mass is 9.67. The van der Waals surface area contributed by atoms with Crippen molar-refractivity contribution in [2.75, 3.05) is 39.6 Å². The minimum atomic E-state index is -0.894. The van der Waals surface area contributed by atoms with Crippen molar-refractivity contribution in [3.8, 4) is 0 Å². The lowest BCUT2D eigenvalue weighted by molar-refractivity contribution is -0.158. The quantitative estimate of drug-likeness (QED) is 0.104. The van der Waals surface area contributed by atoms with Gasteiger partial charge in [0.15, 0.2) is 0 Å². The maximum atomic E-state index is 12.9. The summed E-state index contributed by atoms with van der Waals surface area (Å²) in [5.74, 6) is -0.989. The van der Waals surface area contributed by atoms with Gasteiger partial charge in [-0.2, -0.15) is 0 Å². The van der Waals surface area contributed by atoms with Crippen LogP contribution in [0.5, 0.6) is 0 Å². The number of benzene rings is 1. The molecule has 0 N–H and O–H groups in total. The Hall–Kier alpha value is -3.14. The molecule has 3 unspecified atom stereocenters. The van der Waals surface area contributed by atoms with E-state index in [-0.39, 0.29) is 57.4 Å². The molecule has 1 aromatic rings. The molecule has 0 amide bonds. The summed E-state index contributed by atoms with van der Waals surface area (Å²) in [5.41, 5.74) is -0.231. The van der Waals surface area contributed by atoms with E-state index in [4.69, 9.17) is 28.4 Å². The number of hydrogen-bond donors (Lipinski definition) is 0. The first-order valence-electron chi connectivity index (χ1n) is 13.9. The summed E-state index contributed by atoms with van der Waals surface area (Å²) in [6, 6.07) is 10.1. The summed E-state index contributed by atoms with van der Waals surface area (Å²) < 4.78 is 30.6. The van der Waals surface area contributed by atoms with Crippen LogP contribution in [0.3, 0.4) is 0 Å². The Morgan fingerprint density at radius 2 is 1.55 bits per heavy atom. The summed E-state index contributed by atoms with van der Waals surface area (Å²) >= 11 is 0. The molecule has 0 bridgehead atoms. The van der Waals surface area contributed by atoms with Gasteiger partial charge in [-0.15, -0.1) is 0 Å². The van der Waals surface area contributed by atoms with Crippen molar-refractivity contribution in [2.24, 2.45) is 10.8 Å². The van der Waals surface area contributed by atoms with Crippen molar-refractivity contribution < 1.29 is 47.6 Å².